The zero-order valence-corrected chi connectivity index (χ0v) is 13.4. The van der Waals surface area contributed by atoms with Gasteiger partial charge in [-0.2, -0.15) is 0 Å². The summed E-state index contributed by atoms with van der Waals surface area (Å²) in [6.07, 6.45) is 3.58. The number of benzene rings is 1. The van der Waals surface area contributed by atoms with Gasteiger partial charge < -0.3 is 19.4 Å². The van der Waals surface area contributed by atoms with E-state index in [4.69, 9.17) is 9.47 Å². The molecule has 0 aliphatic rings. The standard InChI is InChI=1S/C16H25N3O2/c1-5-7-8-9-19-13-11-15(21-4)14(20-3)10-12(13)18-16(19)17-6-2/h10-11H,5-9H2,1-4H3,(H,17,18). The van der Waals surface area contributed by atoms with Crippen molar-refractivity contribution in [1.29, 1.82) is 0 Å². The van der Waals surface area contributed by atoms with Gasteiger partial charge in [-0.25, -0.2) is 4.98 Å². The molecule has 1 heterocycles. The molecule has 21 heavy (non-hydrogen) atoms. The Balaban J connectivity index is 2.47. The Morgan fingerprint density at radius 2 is 1.81 bits per heavy atom. The van der Waals surface area contributed by atoms with E-state index in [2.05, 4.69) is 28.7 Å². The van der Waals surface area contributed by atoms with E-state index < -0.39 is 0 Å². The Hall–Kier alpha value is -1.91. The number of hydrogen-bond donors (Lipinski definition) is 1. The van der Waals surface area contributed by atoms with Crippen LogP contribution in [0, 0.1) is 0 Å². The van der Waals surface area contributed by atoms with Crippen LogP contribution in [-0.2, 0) is 6.54 Å². The van der Waals surface area contributed by atoms with Crippen LogP contribution in [0.25, 0.3) is 11.0 Å². The number of nitrogens with zero attached hydrogens (tertiary/aromatic N) is 2. The number of nitrogens with one attached hydrogen (secondary N) is 1. The molecule has 5 heteroatoms. The molecule has 1 aromatic carbocycles. The fourth-order valence-electron chi connectivity index (χ4n) is 2.49. The summed E-state index contributed by atoms with van der Waals surface area (Å²) in [5.74, 6) is 2.37. The van der Waals surface area contributed by atoms with Crippen LogP contribution in [0.4, 0.5) is 5.95 Å². The molecule has 0 saturated carbocycles. The lowest BCUT2D eigenvalue weighted by Crippen LogP contribution is -2.07. The van der Waals surface area contributed by atoms with E-state index >= 15 is 0 Å². The van der Waals surface area contributed by atoms with Crippen molar-refractivity contribution in [2.24, 2.45) is 0 Å². The fourth-order valence-corrected chi connectivity index (χ4v) is 2.49. The Morgan fingerprint density at radius 3 is 2.43 bits per heavy atom. The van der Waals surface area contributed by atoms with Crippen molar-refractivity contribution in [2.45, 2.75) is 39.7 Å². The zero-order chi connectivity index (χ0) is 15.2. The largest absolute Gasteiger partial charge is 0.493 e. The lowest BCUT2D eigenvalue weighted by Gasteiger charge is -2.11. The van der Waals surface area contributed by atoms with Crippen LogP contribution in [0.3, 0.4) is 0 Å². The number of ether oxygens (including phenoxy) is 2. The first-order valence-electron chi connectivity index (χ1n) is 7.61. The molecule has 0 amide bonds. The Bertz CT molecular complexity index is 593. The highest BCUT2D eigenvalue weighted by molar-refractivity contribution is 5.82. The van der Waals surface area contributed by atoms with E-state index in [9.17, 15) is 0 Å². The van der Waals surface area contributed by atoms with E-state index in [1.165, 1.54) is 12.8 Å². The third-order valence-electron chi connectivity index (χ3n) is 3.57. The molecule has 116 valence electrons. The van der Waals surface area contributed by atoms with Crippen LogP contribution >= 0.6 is 0 Å². The predicted molar refractivity (Wildman–Crippen MR) is 86.5 cm³/mol. The molecule has 0 saturated heterocycles. The van der Waals surface area contributed by atoms with Gasteiger partial charge >= 0.3 is 0 Å². The second-order valence-corrected chi connectivity index (χ2v) is 5.02. The molecule has 0 aliphatic heterocycles. The summed E-state index contributed by atoms with van der Waals surface area (Å²) in [6.45, 7) is 6.11. The highest BCUT2D eigenvalue weighted by Crippen LogP contribution is 2.33. The minimum Gasteiger partial charge on any atom is -0.493 e. The minimum atomic E-state index is 0.714. The second kappa shape index (κ2) is 7.20. The van der Waals surface area contributed by atoms with E-state index in [1.54, 1.807) is 14.2 Å². The summed E-state index contributed by atoms with van der Waals surface area (Å²) in [4.78, 5) is 4.68. The number of hydrogen-bond acceptors (Lipinski definition) is 4. The maximum atomic E-state index is 5.41. The molecule has 2 rings (SSSR count). The minimum absolute atomic E-state index is 0.714. The zero-order valence-electron chi connectivity index (χ0n) is 13.4. The molecule has 5 nitrogen and oxygen atoms in total. The van der Waals surface area contributed by atoms with Gasteiger partial charge in [-0.1, -0.05) is 19.8 Å². The van der Waals surface area contributed by atoms with Crippen molar-refractivity contribution in [1.82, 2.24) is 9.55 Å². The number of fused-ring (bicyclic) bond motifs is 1. The Labute approximate surface area is 126 Å². The maximum Gasteiger partial charge on any atom is 0.203 e. The number of methoxy groups -OCH3 is 2. The first-order valence-corrected chi connectivity index (χ1v) is 7.61. The monoisotopic (exact) mass is 291 g/mol. The number of rotatable bonds is 8. The molecule has 0 unspecified atom stereocenters. The van der Waals surface area contributed by atoms with Crippen molar-refractivity contribution in [2.75, 3.05) is 26.1 Å². The van der Waals surface area contributed by atoms with Gasteiger partial charge in [-0.05, 0) is 13.3 Å². The Morgan fingerprint density at radius 1 is 1.10 bits per heavy atom. The van der Waals surface area contributed by atoms with E-state index in [1.807, 2.05) is 12.1 Å². The number of aryl methyl sites for hydroxylation is 1. The fraction of sp³-hybridized carbons (Fsp3) is 0.562. The van der Waals surface area contributed by atoms with Crippen LogP contribution in [0.15, 0.2) is 12.1 Å². The lowest BCUT2D eigenvalue weighted by molar-refractivity contribution is 0.355. The van der Waals surface area contributed by atoms with Crippen molar-refractivity contribution >= 4 is 17.0 Å². The van der Waals surface area contributed by atoms with Crippen molar-refractivity contribution in [3.8, 4) is 11.5 Å². The van der Waals surface area contributed by atoms with Gasteiger partial charge in [0.1, 0.15) is 0 Å². The quantitative estimate of drug-likeness (QED) is 0.754. The lowest BCUT2D eigenvalue weighted by atomic mass is 10.2. The van der Waals surface area contributed by atoms with Crippen LogP contribution in [0.1, 0.15) is 33.1 Å². The van der Waals surface area contributed by atoms with Gasteiger partial charge in [-0.15, -0.1) is 0 Å². The molecular weight excluding hydrogens is 266 g/mol. The molecule has 2 aromatic rings. The molecule has 0 fully saturated rings. The predicted octanol–water partition coefficient (Wildman–Crippen LogP) is 3.68. The van der Waals surface area contributed by atoms with Gasteiger partial charge in [0.2, 0.25) is 5.95 Å². The average Bonchev–Trinajstić information content (AvgIpc) is 2.83. The first kappa shape index (κ1) is 15.5. The maximum absolute atomic E-state index is 5.41. The Kier molecular flexibility index (Phi) is 5.31. The first-order chi connectivity index (χ1) is 10.2. The summed E-state index contributed by atoms with van der Waals surface area (Å²) < 4.78 is 13.0. The number of anilines is 1. The van der Waals surface area contributed by atoms with Crippen LogP contribution in [0.2, 0.25) is 0 Å². The molecule has 0 radical (unpaired) electrons. The van der Waals surface area contributed by atoms with E-state index in [0.29, 0.717) is 5.75 Å². The van der Waals surface area contributed by atoms with E-state index in [-0.39, 0.29) is 0 Å². The third-order valence-corrected chi connectivity index (χ3v) is 3.57. The molecule has 1 N–H and O–H groups in total. The SMILES string of the molecule is CCCCCn1c(NCC)nc2cc(OC)c(OC)cc21. The van der Waals surface area contributed by atoms with Gasteiger partial charge in [-0.3, -0.25) is 0 Å². The van der Waals surface area contributed by atoms with Crippen molar-refractivity contribution < 1.29 is 9.47 Å². The van der Waals surface area contributed by atoms with Crippen molar-refractivity contribution in [3.63, 3.8) is 0 Å². The van der Waals surface area contributed by atoms with Gasteiger partial charge in [0, 0.05) is 25.2 Å². The summed E-state index contributed by atoms with van der Waals surface area (Å²) in [5.41, 5.74) is 2.01. The number of unbranched alkanes of at least 4 members (excludes halogenated alkanes) is 2. The highest BCUT2D eigenvalue weighted by Gasteiger charge is 2.14. The number of aromatic nitrogens is 2. The highest BCUT2D eigenvalue weighted by atomic mass is 16.5. The average molecular weight is 291 g/mol. The van der Waals surface area contributed by atoms with Gasteiger partial charge in [0.05, 0.1) is 25.3 Å². The summed E-state index contributed by atoms with van der Waals surface area (Å²) in [6, 6.07) is 3.94. The normalized spacial score (nSPS) is 10.9. The molecule has 0 bridgehead atoms. The molecule has 1 aromatic heterocycles. The molecule has 0 atom stereocenters. The van der Waals surface area contributed by atoms with Crippen LogP contribution < -0.4 is 14.8 Å². The van der Waals surface area contributed by atoms with Gasteiger partial charge in [0.25, 0.3) is 0 Å². The number of imidazole rings is 1. The summed E-state index contributed by atoms with van der Waals surface area (Å²) in [7, 11) is 3.31. The smallest absolute Gasteiger partial charge is 0.203 e. The second-order valence-electron chi connectivity index (χ2n) is 5.02. The molecule has 0 spiro atoms. The van der Waals surface area contributed by atoms with Crippen LogP contribution in [-0.4, -0.2) is 30.3 Å². The summed E-state index contributed by atoms with van der Waals surface area (Å²) >= 11 is 0. The summed E-state index contributed by atoms with van der Waals surface area (Å²) in [5, 5.41) is 3.34. The van der Waals surface area contributed by atoms with Crippen LogP contribution in [0.5, 0.6) is 11.5 Å². The van der Waals surface area contributed by atoms with Crippen molar-refractivity contribution in [3.05, 3.63) is 12.1 Å². The topological polar surface area (TPSA) is 48.3 Å². The van der Waals surface area contributed by atoms with Gasteiger partial charge in [0.15, 0.2) is 11.5 Å². The third kappa shape index (κ3) is 3.23. The van der Waals surface area contributed by atoms with E-state index in [0.717, 1.165) is 42.2 Å². The molecule has 0 aliphatic carbocycles. The molecular formula is C16H25N3O2.